The first kappa shape index (κ1) is 14.0. The summed E-state index contributed by atoms with van der Waals surface area (Å²) in [6.07, 6.45) is 3.13. The van der Waals surface area contributed by atoms with Crippen molar-refractivity contribution in [2.24, 2.45) is 0 Å². The molecular weight excluding hydrogens is 220 g/mol. The van der Waals surface area contributed by atoms with Gasteiger partial charge in [-0.3, -0.25) is 9.59 Å². The van der Waals surface area contributed by atoms with Crippen molar-refractivity contribution in [1.82, 2.24) is 10.2 Å². The fourth-order valence-electron chi connectivity index (χ4n) is 2.01. The predicted molar refractivity (Wildman–Crippen MR) is 64.5 cm³/mol. The Morgan fingerprint density at radius 1 is 1.35 bits per heavy atom. The molecule has 0 atom stereocenters. The number of nitrogens with one attached hydrogen (secondary N) is 1. The number of hydrogen-bond donors (Lipinski definition) is 1. The zero-order valence-electron chi connectivity index (χ0n) is 10.7. The van der Waals surface area contributed by atoms with E-state index in [0.717, 1.165) is 19.3 Å². The molecule has 1 fully saturated rings. The molecule has 0 unspecified atom stereocenters. The van der Waals surface area contributed by atoms with Crippen molar-refractivity contribution in [2.45, 2.75) is 38.6 Å². The van der Waals surface area contributed by atoms with Crippen molar-refractivity contribution in [3.05, 3.63) is 0 Å². The minimum absolute atomic E-state index is 0.0332. The lowest BCUT2D eigenvalue weighted by Crippen LogP contribution is -2.47. The summed E-state index contributed by atoms with van der Waals surface area (Å²) < 4.78 is 4.82. The smallest absolute Gasteiger partial charge is 0.248 e. The van der Waals surface area contributed by atoms with E-state index < -0.39 is 0 Å². The second kappa shape index (κ2) is 7.27. The molecule has 0 aromatic heterocycles. The van der Waals surface area contributed by atoms with Crippen molar-refractivity contribution in [3.8, 4) is 0 Å². The van der Waals surface area contributed by atoms with E-state index in [1.54, 1.807) is 4.90 Å². The fourth-order valence-corrected chi connectivity index (χ4v) is 2.01. The first-order valence-corrected chi connectivity index (χ1v) is 6.23. The van der Waals surface area contributed by atoms with E-state index >= 15 is 0 Å². The largest absolute Gasteiger partial charge is 0.375 e. The Bertz CT molecular complexity index is 260. The van der Waals surface area contributed by atoms with Gasteiger partial charge in [-0.15, -0.1) is 0 Å². The third kappa shape index (κ3) is 4.73. The van der Waals surface area contributed by atoms with Gasteiger partial charge in [0.1, 0.15) is 6.61 Å². The SMILES string of the molecule is CCCC(=O)NC1CCN(C(=O)COC)CC1. The second-order valence-corrected chi connectivity index (χ2v) is 4.41. The summed E-state index contributed by atoms with van der Waals surface area (Å²) in [4.78, 5) is 24.8. The third-order valence-electron chi connectivity index (χ3n) is 2.96. The van der Waals surface area contributed by atoms with Gasteiger partial charge in [-0.1, -0.05) is 6.92 Å². The summed E-state index contributed by atoms with van der Waals surface area (Å²) in [7, 11) is 1.52. The number of carbonyl (C=O) groups excluding carboxylic acids is 2. The van der Waals surface area contributed by atoms with E-state index in [4.69, 9.17) is 4.74 Å². The summed E-state index contributed by atoms with van der Waals surface area (Å²) in [6.45, 7) is 3.55. The normalized spacial score (nSPS) is 16.9. The summed E-state index contributed by atoms with van der Waals surface area (Å²) in [5.41, 5.74) is 0. The summed E-state index contributed by atoms with van der Waals surface area (Å²) in [5, 5.41) is 3.00. The molecule has 0 aliphatic carbocycles. The molecule has 0 saturated carbocycles. The molecule has 1 rings (SSSR count). The molecule has 17 heavy (non-hydrogen) atoms. The minimum Gasteiger partial charge on any atom is -0.375 e. The van der Waals surface area contributed by atoms with Crippen LogP contribution in [0.1, 0.15) is 32.6 Å². The van der Waals surface area contributed by atoms with E-state index in [-0.39, 0.29) is 24.5 Å². The molecule has 1 heterocycles. The van der Waals surface area contributed by atoms with Gasteiger partial charge in [0.2, 0.25) is 11.8 Å². The zero-order valence-corrected chi connectivity index (χ0v) is 10.7. The highest BCUT2D eigenvalue weighted by Gasteiger charge is 2.23. The van der Waals surface area contributed by atoms with Crippen molar-refractivity contribution in [1.29, 1.82) is 0 Å². The number of likely N-dealkylation sites (tertiary alicyclic amines) is 1. The van der Waals surface area contributed by atoms with Gasteiger partial charge in [0, 0.05) is 32.7 Å². The van der Waals surface area contributed by atoms with Gasteiger partial charge in [-0.05, 0) is 19.3 Å². The van der Waals surface area contributed by atoms with Crippen molar-refractivity contribution < 1.29 is 14.3 Å². The number of hydrogen-bond acceptors (Lipinski definition) is 3. The maximum atomic E-state index is 11.5. The molecule has 0 radical (unpaired) electrons. The minimum atomic E-state index is 0.0332. The van der Waals surface area contributed by atoms with Crippen LogP contribution in [0.3, 0.4) is 0 Å². The molecule has 0 aromatic rings. The molecule has 5 heteroatoms. The molecule has 98 valence electrons. The number of methoxy groups -OCH3 is 1. The highest BCUT2D eigenvalue weighted by molar-refractivity contribution is 5.78. The van der Waals surface area contributed by atoms with Gasteiger partial charge in [-0.2, -0.15) is 0 Å². The lowest BCUT2D eigenvalue weighted by molar-refractivity contribution is -0.136. The zero-order chi connectivity index (χ0) is 12.7. The number of ether oxygens (including phenoxy) is 1. The molecular formula is C12H22N2O3. The topological polar surface area (TPSA) is 58.6 Å². The molecule has 0 spiro atoms. The van der Waals surface area contributed by atoms with Crippen molar-refractivity contribution in [3.63, 3.8) is 0 Å². The van der Waals surface area contributed by atoms with Gasteiger partial charge in [-0.25, -0.2) is 0 Å². The average Bonchev–Trinajstić information content (AvgIpc) is 2.30. The molecule has 1 saturated heterocycles. The molecule has 5 nitrogen and oxygen atoms in total. The van der Waals surface area contributed by atoms with E-state index in [9.17, 15) is 9.59 Å². The van der Waals surface area contributed by atoms with Crippen molar-refractivity contribution >= 4 is 11.8 Å². The molecule has 0 aromatic carbocycles. The average molecular weight is 242 g/mol. The number of nitrogens with zero attached hydrogens (tertiary/aromatic N) is 1. The quantitative estimate of drug-likeness (QED) is 0.765. The highest BCUT2D eigenvalue weighted by atomic mass is 16.5. The number of amides is 2. The monoisotopic (exact) mass is 242 g/mol. The first-order chi connectivity index (χ1) is 8.17. The van der Waals surface area contributed by atoms with E-state index in [1.165, 1.54) is 7.11 Å². The van der Waals surface area contributed by atoms with Crippen LogP contribution in [0.25, 0.3) is 0 Å². The summed E-state index contributed by atoms with van der Waals surface area (Å²) in [6, 6.07) is 0.223. The molecule has 2 amide bonds. The second-order valence-electron chi connectivity index (χ2n) is 4.41. The maximum absolute atomic E-state index is 11.5. The summed E-state index contributed by atoms with van der Waals surface area (Å²) >= 11 is 0. The molecule has 1 aliphatic rings. The molecule has 1 aliphatic heterocycles. The number of rotatable bonds is 5. The molecule has 1 N–H and O–H groups in total. The van der Waals surface area contributed by atoms with Crippen molar-refractivity contribution in [2.75, 3.05) is 26.8 Å². The van der Waals surface area contributed by atoms with Crippen LogP contribution in [-0.2, 0) is 14.3 Å². The van der Waals surface area contributed by atoms with E-state index in [1.807, 2.05) is 6.92 Å². The Labute approximate surface area is 102 Å². The van der Waals surface area contributed by atoms with Gasteiger partial charge in [0.05, 0.1) is 0 Å². The van der Waals surface area contributed by atoms with Crippen LogP contribution >= 0.6 is 0 Å². The highest BCUT2D eigenvalue weighted by Crippen LogP contribution is 2.10. The Morgan fingerprint density at radius 3 is 2.53 bits per heavy atom. The van der Waals surface area contributed by atoms with Gasteiger partial charge >= 0.3 is 0 Å². The van der Waals surface area contributed by atoms with Crippen LogP contribution in [0, 0.1) is 0 Å². The lowest BCUT2D eigenvalue weighted by atomic mass is 10.0. The molecule has 0 bridgehead atoms. The van der Waals surface area contributed by atoms with E-state index in [2.05, 4.69) is 5.32 Å². The van der Waals surface area contributed by atoms with Crippen LogP contribution in [0.4, 0.5) is 0 Å². The van der Waals surface area contributed by atoms with Crippen LogP contribution < -0.4 is 5.32 Å². The van der Waals surface area contributed by atoms with Gasteiger partial charge in [0.15, 0.2) is 0 Å². The lowest BCUT2D eigenvalue weighted by Gasteiger charge is -2.32. The van der Waals surface area contributed by atoms with Crippen LogP contribution in [-0.4, -0.2) is 49.6 Å². The van der Waals surface area contributed by atoms with Crippen LogP contribution in [0.2, 0.25) is 0 Å². The predicted octanol–water partition coefficient (Wildman–Crippen LogP) is 0.540. The Morgan fingerprint density at radius 2 is 2.00 bits per heavy atom. The standard InChI is InChI=1S/C12H22N2O3/c1-3-4-11(15)13-10-5-7-14(8-6-10)12(16)9-17-2/h10H,3-9H2,1-2H3,(H,13,15). The Balaban J connectivity index is 2.26. The first-order valence-electron chi connectivity index (χ1n) is 6.23. The van der Waals surface area contributed by atoms with Crippen LogP contribution in [0.15, 0.2) is 0 Å². The maximum Gasteiger partial charge on any atom is 0.248 e. The third-order valence-corrected chi connectivity index (χ3v) is 2.96. The Kier molecular flexibility index (Phi) is 5.97. The number of carbonyl (C=O) groups is 2. The van der Waals surface area contributed by atoms with E-state index in [0.29, 0.717) is 19.5 Å². The van der Waals surface area contributed by atoms with Gasteiger partial charge < -0.3 is 15.0 Å². The van der Waals surface area contributed by atoms with Gasteiger partial charge in [0.25, 0.3) is 0 Å². The summed E-state index contributed by atoms with van der Waals surface area (Å²) in [5.74, 6) is 0.153. The Hall–Kier alpha value is -1.10. The number of piperidine rings is 1. The fraction of sp³-hybridized carbons (Fsp3) is 0.833. The van der Waals surface area contributed by atoms with Crippen LogP contribution in [0.5, 0.6) is 0 Å².